The van der Waals surface area contributed by atoms with Crippen LogP contribution in [0.3, 0.4) is 0 Å². The first-order valence-electron chi connectivity index (χ1n) is 6.18. The smallest absolute Gasteiger partial charge is 0.258 e. The summed E-state index contributed by atoms with van der Waals surface area (Å²) >= 11 is 1.21. The number of rotatable bonds is 4. The second kappa shape index (κ2) is 6.09. The van der Waals surface area contributed by atoms with Crippen LogP contribution in [-0.4, -0.2) is 15.1 Å². The molecule has 0 fully saturated rings. The number of hydrogen-bond acceptors (Lipinski definition) is 4. The van der Waals surface area contributed by atoms with Crippen LogP contribution < -0.4 is 5.56 Å². The molecule has 0 unspecified atom stereocenters. The number of benzene rings is 1. The monoisotopic (exact) mass is 294 g/mol. The molecule has 0 aliphatic carbocycles. The molecule has 0 spiro atoms. The van der Waals surface area contributed by atoms with E-state index >= 15 is 0 Å². The molecular weight excluding hydrogens is 279 g/mol. The van der Waals surface area contributed by atoms with Gasteiger partial charge in [0.1, 0.15) is 11.6 Å². The zero-order chi connectivity index (χ0) is 14.7. The van der Waals surface area contributed by atoms with Gasteiger partial charge in [-0.05, 0) is 18.1 Å². The molecule has 0 saturated carbocycles. The van der Waals surface area contributed by atoms with E-state index in [0.29, 0.717) is 10.7 Å². The van der Waals surface area contributed by atoms with Gasteiger partial charge in [0.05, 0.1) is 11.3 Å². The minimum atomic E-state index is -0.350. The predicted molar refractivity (Wildman–Crippen MR) is 76.6 cm³/mol. The molecule has 0 radical (unpaired) electrons. The highest BCUT2D eigenvalue weighted by Crippen LogP contribution is 2.25. The van der Waals surface area contributed by atoms with Crippen LogP contribution in [-0.2, 0) is 5.75 Å². The summed E-state index contributed by atoms with van der Waals surface area (Å²) in [7, 11) is 0. The largest absolute Gasteiger partial charge is 0.493 e. The molecule has 2 rings (SSSR count). The van der Waals surface area contributed by atoms with E-state index < -0.39 is 0 Å². The van der Waals surface area contributed by atoms with Gasteiger partial charge in [-0.25, -0.2) is 4.39 Å². The van der Waals surface area contributed by atoms with Crippen LogP contribution in [0.5, 0.6) is 5.88 Å². The summed E-state index contributed by atoms with van der Waals surface area (Å²) in [5, 5.41) is 9.78. The van der Waals surface area contributed by atoms with Crippen molar-refractivity contribution >= 4 is 11.8 Å². The van der Waals surface area contributed by atoms with Crippen LogP contribution in [0.1, 0.15) is 31.2 Å². The Hall–Kier alpha value is -1.82. The number of thioether (sulfide) groups is 1. The Bertz CT molecular complexity index is 670. The number of aromatic nitrogens is 2. The minimum absolute atomic E-state index is 0.112. The van der Waals surface area contributed by atoms with Crippen molar-refractivity contribution in [3.8, 4) is 5.88 Å². The lowest BCUT2D eigenvalue weighted by Crippen LogP contribution is -2.17. The highest BCUT2D eigenvalue weighted by Gasteiger charge is 2.14. The molecule has 106 valence electrons. The molecule has 4 nitrogen and oxygen atoms in total. The Labute approximate surface area is 120 Å². The average Bonchev–Trinajstić information content (AvgIpc) is 2.36. The summed E-state index contributed by atoms with van der Waals surface area (Å²) in [5.41, 5.74) is -0.0822. The van der Waals surface area contributed by atoms with E-state index in [9.17, 15) is 14.3 Å². The molecule has 0 atom stereocenters. The lowest BCUT2D eigenvalue weighted by atomic mass is 10.1. The van der Waals surface area contributed by atoms with Gasteiger partial charge in [0.2, 0.25) is 5.88 Å². The third-order valence-electron chi connectivity index (χ3n) is 2.76. The van der Waals surface area contributed by atoms with Gasteiger partial charge in [0.25, 0.3) is 5.56 Å². The molecule has 1 heterocycles. The average molecular weight is 294 g/mol. The van der Waals surface area contributed by atoms with Crippen molar-refractivity contribution in [3.63, 3.8) is 0 Å². The molecule has 2 aromatic rings. The summed E-state index contributed by atoms with van der Waals surface area (Å²) in [6.07, 6.45) is 0. The molecule has 0 saturated heterocycles. The Kier molecular flexibility index (Phi) is 4.44. The van der Waals surface area contributed by atoms with E-state index in [1.807, 2.05) is 0 Å². The molecule has 1 aromatic heterocycles. The maximum absolute atomic E-state index is 13.5. The second-order valence-corrected chi connectivity index (χ2v) is 5.64. The standard InChI is InChI=1S/C14H15FN2O2S/c1-8(2)12-13(18)16-11(17-14(12)19)7-20-10-6-4-3-5-9(10)15/h3-6,8H,7H2,1-2H3,(H2,16,17,18,19). The van der Waals surface area contributed by atoms with E-state index in [0.717, 1.165) is 0 Å². The SMILES string of the molecule is CC(C)c1c(O)nc(CSc2ccccc2F)[nH]c1=O. The molecule has 2 N–H and O–H groups in total. The van der Waals surface area contributed by atoms with E-state index in [4.69, 9.17) is 0 Å². The van der Waals surface area contributed by atoms with Crippen LogP contribution in [0.25, 0.3) is 0 Å². The number of halogens is 1. The van der Waals surface area contributed by atoms with Gasteiger partial charge >= 0.3 is 0 Å². The lowest BCUT2D eigenvalue weighted by Gasteiger charge is -2.08. The van der Waals surface area contributed by atoms with E-state index in [2.05, 4.69) is 9.97 Å². The zero-order valence-corrected chi connectivity index (χ0v) is 12.0. The van der Waals surface area contributed by atoms with Gasteiger partial charge in [-0.15, -0.1) is 11.8 Å². The van der Waals surface area contributed by atoms with Gasteiger partial charge < -0.3 is 10.1 Å². The third-order valence-corrected chi connectivity index (χ3v) is 3.82. The first-order chi connectivity index (χ1) is 9.49. The van der Waals surface area contributed by atoms with Crippen LogP contribution >= 0.6 is 11.8 Å². The number of aromatic amines is 1. The fourth-order valence-electron chi connectivity index (χ4n) is 1.81. The fourth-order valence-corrected chi connectivity index (χ4v) is 2.62. The minimum Gasteiger partial charge on any atom is -0.493 e. The van der Waals surface area contributed by atoms with Crippen LogP contribution in [0.15, 0.2) is 34.0 Å². The molecule has 0 amide bonds. The third kappa shape index (κ3) is 3.19. The molecular formula is C14H15FN2O2S. The Morgan fingerprint density at radius 2 is 2.10 bits per heavy atom. The van der Waals surface area contributed by atoms with Gasteiger partial charge in [-0.1, -0.05) is 26.0 Å². The van der Waals surface area contributed by atoms with Crippen molar-refractivity contribution < 1.29 is 9.50 Å². The lowest BCUT2D eigenvalue weighted by molar-refractivity contribution is 0.437. The maximum atomic E-state index is 13.5. The quantitative estimate of drug-likeness (QED) is 0.851. The first-order valence-corrected chi connectivity index (χ1v) is 7.17. The van der Waals surface area contributed by atoms with E-state index in [-0.39, 0.29) is 34.5 Å². The highest BCUT2D eigenvalue weighted by atomic mass is 32.2. The Morgan fingerprint density at radius 1 is 1.40 bits per heavy atom. The molecule has 6 heteroatoms. The number of nitrogens with one attached hydrogen (secondary N) is 1. The van der Waals surface area contributed by atoms with Gasteiger partial charge in [0.15, 0.2) is 0 Å². The predicted octanol–water partition coefficient (Wildman–Crippen LogP) is 3.03. The van der Waals surface area contributed by atoms with Crippen molar-refractivity contribution in [1.82, 2.24) is 9.97 Å². The zero-order valence-electron chi connectivity index (χ0n) is 11.2. The van der Waals surface area contributed by atoms with Crippen molar-refractivity contribution in [2.75, 3.05) is 0 Å². The maximum Gasteiger partial charge on any atom is 0.258 e. The van der Waals surface area contributed by atoms with E-state index in [1.54, 1.807) is 32.0 Å². The van der Waals surface area contributed by atoms with Crippen LogP contribution in [0, 0.1) is 5.82 Å². The van der Waals surface area contributed by atoms with E-state index in [1.165, 1.54) is 17.8 Å². The molecule has 1 aromatic carbocycles. The first kappa shape index (κ1) is 14.6. The van der Waals surface area contributed by atoms with Gasteiger partial charge in [-0.3, -0.25) is 4.79 Å². The highest BCUT2D eigenvalue weighted by molar-refractivity contribution is 7.98. The topological polar surface area (TPSA) is 66.0 Å². The summed E-state index contributed by atoms with van der Waals surface area (Å²) in [6.45, 7) is 3.61. The number of nitrogens with zero attached hydrogens (tertiary/aromatic N) is 1. The number of aromatic hydroxyl groups is 1. The van der Waals surface area contributed by atoms with Crippen molar-refractivity contribution in [2.24, 2.45) is 0 Å². The summed E-state index contributed by atoms with van der Waals surface area (Å²) in [6, 6.07) is 6.38. The molecule has 0 aliphatic rings. The summed E-state index contributed by atoms with van der Waals surface area (Å²) in [4.78, 5) is 18.9. The Balaban J connectivity index is 2.20. The van der Waals surface area contributed by atoms with Crippen LogP contribution in [0.2, 0.25) is 0 Å². The fraction of sp³-hybridized carbons (Fsp3) is 0.286. The van der Waals surface area contributed by atoms with Crippen molar-refractivity contribution in [3.05, 3.63) is 51.8 Å². The second-order valence-electron chi connectivity index (χ2n) is 4.62. The Morgan fingerprint density at radius 3 is 2.70 bits per heavy atom. The van der Waals surface area contributed by atoms with Gasteiger partial charge in [-0.2, -0.15) is 4.98 Å². The number of H-pyrrole nitrogens is 1. The summed E-state index contributed by atoms with van der Waals surface area (Å²) < 4.78 is 13.5. The van der Waals surface area contributed by atoms with Gasteiger partial charge in [0, 0.05) is 4.90 Å². The van der Waals surface area contributed by atoms with Crippen molar-refractivity contribution in [2.45, 2.75) is 30.4 Å². The number of hydrogen-bond donors (Lipinski definition) is 2. The van der Waals surface area contributed by atoms with Crippen LogP contribution in [0.4, 0.5) is 4.39 Å². The van der Waals surface area contributed by atoms with Crippen molar-refractivity contribution in [1.29, 1.82) is 0 Å². The molecule has 0 bridgehead atoms. The normalized spacial score (nSPS) is 11.0. The molecule has 0 aliphatic heterocycles. The summed E-state index contributed by atoms with van der Waals surface area (Å²) in [5.74, 6) is -0.0808. The molecule has 20 heavy (non-hydrogen) atoms.